The van der Waals surface area contributed by atoms with Gasteiger partial charge in [-0.25, -0.2) is 4.98 Å². The minimum absolute atomic E-state index is 0. The second-order valence-corrected chi connectivity index (χ2v) is 17.3. The Hall–Kier alpha value is -5.42. The third-order valence-corrected chi connectivity index (χ3v) is 10.7. The van der Waals surface area contributed by atoms with Crippen molar-refractivity contribution in [2.45, 2.75) is 52.4 Å². The molecule has 0 bridgehead atoms. The molecule has 0 fully saturated rings. The van der Waals surface area contributed by atoms with Gasteiger partial charge >= 0.3 is 0 Å². The summed E-state index contributed by atoms with van der Waals surface area (Å²) in [4.78, 5) is 10.0. The quantitative estimate of drug-likeness (QED) is 0.0981. The maximum absolute atomic E-state index is 5.18. The van der Waals surface area contributed by atoms with Gasteiger partial charge in [0.25, 0.3) is 0 Å². The van der Waals surface area contributed by atoms with E-state index in [0.717, 1.165) is 38.6 Å². The molecule has 4 heteroatoms. The SMILES string of the molecule is CC(C)(C)c1ccc2cc3ccc(C(C)(C)C)cc3c(-c3ccc(-c4nc5ccccc5s4)[n-]3)c2c1.[CH2-]c1ccccc1.[CH2-]c1ccccc1.[CH2-]c1ccccc1.[CH3+].[Hf]. The van der Waals surface area contributed by atoms with Gasteiger partial charge in [-0.05, 0) is 67.3 Å². The van der Waals surface area contributed by atoms with Crippen LogP contribution in [-0.4, -0.2) is 4.98 Å². The fraction of sp³-hybridized carbons (Fsp3) is 0.145. The van der Waals surface area contributed by atoms with Gasteiger partial charge in [0, 0.05) is 33.3 Å². The summed E-state index contributed by atoms with van der Waals surface area (Å²) in [6.45, 7) is 24.8. The largest absolute Gasteiger partial charge is 0.655 e. The van der Waals surface area contributed by atoms with E-state index in [2.05, 4.69) is 135 Å². The molecule has 2 heterocycles. The number of aromatic nitrogens is 2. The van der Waals surface area contributed by atoms with Crippen molar-refractivity contribution in [3.05, 3.63) is 226 Å². The molecule has 2 nitrogen and oxygen atoms in total. The first-order valence-electron chi connectivity index (χ1n) is 19.4. The van der Waals surface area contributed by atoms with Crippen LogP contribution in [0.25, 0.3) is 53.7 Å². The van der Waals surface area contributed by atoms with Crippen LogP contribution < -0.4 is 4.98 Å². The third kappa shape index (κ3) is 12.3. The van der Waals surface area contributed by atoms with E-state index in [0.29, 0.717) is 0 Å². The molecule has 2 aromatic heterocycles. The number of fused-ring (bicyclic) bond motifs is 3. The molecule has 9 aromatic rings. The monoisotopic (exact) mass is 955 g/mol. The van der Waals surface area contributed by atoms with Crippen molar-refractivity contribution in [3.8, 4) is 22.0 Å². The number of hydrogen-bond acceptors (Lipinski definition) is 2. The first-order valence-corrected chi connectivity index (χ1v) is 20.2. The van der Waals surface area contributed by atoms with E-state index in [9.17, 15) is 0 Å². The number of nitrogens with zero attached hydrogens (tertiary/aromatic N) is 2. The summed E-state index contributed by atoms with van der Waals surface area (Å²) in [5.41, 5.74) is 10.2. The molecule has 0 aliphatic heterocycles. The minimum Gasteiger partial charge on any atom is -0.655 e. The molecule has 0 saturated heterocycles. The molecule has 9 rings (SSSR count). The van der Waals surface area contributed by atoms with E-state index in [4.69, 9.17) is 9.97 Å². The van der Waals surface area contributed by atoms with Crippen molar-refractivity contribution in [1.82, 2.24) is 9.97 Å². The molecule has 0 amide bonds. The van der Waals surface area contributed by atoms with Crippen LogP contribution in [-0.2, 0) is 36.7 Å². The second kappa shape index (κ2) is 20.5. The van der Waals surface area contributed by atoms with Crippen LogP contribution in [0.3, 0.4) is 0 Å². The van der Waals surface area contributed by atoms with E-state index in [-0.39, 0.29) is 44.1 Å². The van der Waals surface area contributed by atoms with E-state index in [1.807, 2.05) is 97.1 Å². The second-order valence-electron chi connectivity index (χ2n) is 16.3. The third-order valence-electron chi connectivity index (χ3n) is 9.63. The zero-order chi connectivity index (χ0) is 40.6. The van der Waals surface area contributed by atoms with Gasteiger partial charge in [-0.15, -0.1) is 53.4 Å². The maximum atomic E-state index is 5.18. The van der Waals surface area contributed by atoms with Crippen LogP contribution in [0.1, 0.15) is 69.4 Å². The summed E-state index contributed by atoms with van der Waals surface area (Å²) in [6, 6.07) is 58.4. The van der Waals surface area contributed by atoms with Crippen LogP contribution in [0.2, 0.25) is 0 Å². The Morgan fingerprint density at radius 2 is 0.881 bits per heavy atom. The molecule has 0 atom stereocenters. The summed E-state index contributed by atoms with van der Waals surface area (Å²) < 4.78 is 1.19. The standard InChI is InChI=1S/C33H31N2S.3C7H7.CH3.Hf/c1-32(2,3)22-13-11-20-17-21-12-14-23(33(4,5)6)19-25(21)30(24(20)18-22)27-15-16-28(34-27)31-35-26-9-7-8-10-29(26)36-31;3*1-7-5-3-2-4-6-7;;/h7-19H,1-6H3;3*2-6H,1H2;1H3;/q4*-1;+1;. The number of thiazole rings is 1. The van der Waals surface area contributed by atoms with Crippen molar-refractivity contribution >= 4 is 43.1 Å². The Morgan fingerprint density at radius 3 is 1.27 bits per heavy atom. The van der Waals surface area contributed by atoms with Gasteiger partial charge in [-0.3, -0.25) is 0 Å². The van der Waals surface area contributed by atoms with Crippen LogP contribution in [0, 0.1) is 28.2 Å². The van der Waals surface area contributed by atoms with E-state index in [1.165, 1.54) is 42.9 Å². The Kier molecular flexibility index (Phi) is 16.1. The molecule has 0 unspecified atom stereocenters. The van der Waals surface area contributed by atoms with Crippen molar-refractivity contribution in [2.24, 2.45) is 0 Å². The summed E-state index contributed by atoms with van der Waals surface area (Å²) in [7, 11) is 0. The number of benzene rings is 7. The summed E-state index contributed by atoms with van der Waals surface area (Å²) in [6.07, 6.45) is 0. The smallest absolute Gasteiger partial charge is 0.102 e. The predicted molar refractivity (Wildman–Crippen MR) is 255 cm³/mol. The fourth-order valence-electron chi connectivity index (χ4n) is 6.36. The summed E-state index contributed by atoms with van der Waals surface area (Å²) >= 11 is 1.70. The van der Waals surface area contributed by atoms with E-state index >= 15 is 0 Å². The first-order chi connectivity index (χ1) is 27.3. The van der Waals surface area contributed by atoms with Gasteiger partial charge in [-0.1, -0.05) is 126 Å². The van der Waals surface area contributed by atoms with Crippen molar-refractivity contribution in [2.75, 3.05) is 0 Å². The molecule has 0 aliphatic rings. The van der Waals surface area contributed by atoms with Crippen LogP contribution in [0.5, 0.6) is 0 Å². The molecule has 7 aromatic carbocycles. The molecular formula is C55H55HfN2S-3. The van der Waals surface area contributed by atoms with Gasteiger partial charge in [-0.2, -0.15) is 73.9 Å². The van der Waals surface area contributed by atoms with Gasteiger partial charge < -0.3 is 4.98 Å². The average molecular weight is 955 g/mol. The summed E-state index contributed by atoms with van der Waals surface area (Å²) in [5, 5.41) is 5.99. The zero-order valence-corrected chi connectivity index (χ0v) is 40.0. The number of hydrogen-bond donors (Lipinski definition) is 0. The van der Waals surface area contributed by atoms with Crippen LogP contribution >= 0.6 is 11.3 Å². The normalized spacial score (nSPS) is 10.8. The Balaban J connectivity index is 0.000000271. The molecule has 59 heavy (non-hydrogen) atoms. The van der Waals surface area contributed by atoms with Gasteiger partial charge in [0.05, 0.1) is 10.2 Å². The van der Waals surface area contributed by atoms with E-state index < -0.39 is 0 Å². The molecule has 0 spiro atoms. The Morgan fingerprint density at radius 1 is 0.475 bits per heavy atom. The van der Waals surface area contributed by atoms with Crippen LogP contribution in [0.15, 0.2) is 170 Å². The van der Waals surface area contributed by atoms with Crippen molar-refractivity contribution < 1.29 is 25.8 Å². The summed E-state index contributed by atoms with van der Waals surface area (Å²) in [5.74, 6) is 0. The molecule has 298 valence electrons. The molecule has 0 radical (unpaired) electrons. The van der Waals surface area contributed by atoms with Gasteiger partial charge in [0.1, 0.15) is 5.01 Å². The maximum Gasteiger partial charge on any atom is 0.102 e. The minimum atomic E-state index is 0. The Bertz CT molecular complexity index is 2470. The fourth-order valence-corrected chi connectivity index (χ4v) is 7.29. The van der Waals surface area contributed by atoms with Gasteiger partial charge in [0.2, 0.25) is 0 Å². The van der Waals surface area contributed by atoms with E-state index in [1.54, 1.807) is 11.3 Å². The van der Waals surface area contributed by atoms with Crippen LogP contribution in [0.4, 0.5) is 0 Å². The first kappa shape index (κ1) is 46.3. The average Bonchev–Trinajstić information content (AvgIpc) is 3.86. The topological polar surface area (TPSA) is 27.0 Å². The number of rotatable bonds is 2. The zero-order valence-electron chi connectivity index (χ0n) is 35.6. The Labute approximate surface area is 376 Å². The van der Waals surface area contributed by atoms with Crippen molar-refractivity contribution in [3.63, 3.8) is 0 Å². The van der Waals surface area contributed by atoms with Crippen molar-refractivity contribution in [1.29, 1.82) is 0 Å². The molecule has 0 saturated carbocycles. The predicted octanol–water partition coefficient (Wildman–Crippen LogP) is 15.5. The molecule has 0 aliphatic carbocycles. The van der Waals surface area contributed by atoms with Gasteiger partial charge in [0.15, 0.2) is 0 Å². The molecular weight excluding hydrogens is 899 g/mol. The number of para-hydroxylation sites is 1. The molecule has 0 N–H and O–H groups in total.